The molecule has 0 aliphatic carbocycles. The standard InChI is InChI=1S/C26H21I2NO4/c1-3-31-23-14-18(12-21(28)24(23)32-15-17-5-4-6-20(27)11-17)13-22-26(30)33-25(29-22)19-9-7-16(2)8-10-19/h4-14H,3,15H2,1-2H3/b22-13-. The van der Waals surface area contributed by atoms with E-state index >= 15 is 0 Å². The molecule has 5 nitrogen and oxygen atoms in total. The Hall–Kier alpha value is -2.40. The average molecular weight is 665 g/mol. The number of cyclic esters (lactones) is 1. The van der Waals surface area contributed by atoms with Gasteiger partial charge < -0.3 is 14.2 Å². The van der Waals surface area contributed by atoms with Crippen LogP contribution in [-0.2, 0) is 16.1 Å². The monoisotopic (exact) mass is 665 g/mol. The Bertz CT molecular complexity index is 1250. The number of rotatable bonds is 7. The second-order valence-corrected chi connectivity index (χ2v) is 9.79. The number of benzene rings is 3. The third-order valence-corrected chi connectivity index (χ3v) is 6.30. The van der Waals surface area contributed by atoms with E-state index < -0.39 is 5.97 Å². The fourth-order valence-electron chi connectivity index (χ4n) is 3.24. The number of nitrogens with zero attached hydrogens (tertiary/aromatic N) is 1. The van der Waals surface area contributed by atoms with Gasteiger partial charge >= 0.3 is 5.97 Å². The summed E-state index contributed by atoms with van der Waals surface area (Å²) in [6.07, 6.45) is 1.71. The molecule has 0 aromatic heterocycles. The van der Waals surface area contributed by atoms with Gasteiger partial charge in [-0.1, -0.05) is 29.8 Å². The molecule has 0 spiro atoms. The molecule has 0 atom stereocenters. The van der Waals surface area contributed by atoms with Gasteiger partial charge in [0.05, 0.1) is 10.2 Å². The van der Waals surface area contributed by atoms with Gasteiger partial charge in [0.25, 0.3) is 0 Å². The van der Waals surface area contributed by atoms with E-state index in [1.165, 1.54) is 0 Å². The zero-order valence-corrected chi connectivity index (χ0v) is 22.4. The van der Waals surface area contributed by atoms with Crippen LogP contribution < -0.4 is 9.47 Å². The Labute approximate surface area is 220 Å². The van der Waals surface area contributed by atoms with E-state index in [1.807, 2.05) is 68.4 Å². The van der Waals surface area contributed by atoms with Crippen LogP contribution in [0.25, 0.3) is 6.08 Å². The molecule has 0 bridgehead atoms. The Morgan fingerprint density at radius 2 is 1.82 bits per heavy atom. The summed E-state index contributed by atoms with van der Waals surface area (Å²) in [5.41, 5.74) is 4.00. The fraction of sp³-hybridized carbons (Fsp3) is 0.154. The van der Waals surface area contributed by atoms with Crippen LogP contribution in [0.2, 0.25) is 0 Å². The fourth-order valence-corrected chi connectivity index (χ4v) is 4.63. The molecule has 0 fully saturated rings. The molecule has 1 aliphatic heterocycles. The number of esters is 1. The maximum absolute atomic E-state index is 12.4. The van der Waals surface area contributed by atoms with Gasteiger partial charge in [-0.2, -0.15) is 0 Å². The lowest BCUT2D eigenvalue weighted by Gasteiger charge is -2.15. The van der Waals surface area contributed by atoms with Crippen LogP contribution in [0, 0.1) is 14.1 Å². The highest BCUT2D eigenvalue weighted by molar-refractivity contribution is 14.1. The molecule has 7 heteroatoms. The van der Waals surface area contributed by atoms with Gasteiger partial charge in [-0.15, -0.1) is 0 Å². The van der Waals surface area contributed by atoms with E-state index in [-0.39, 0.29) is 5.70 Å². The van der Waals surface area contributed by atoms with E-state index in [0.29, 0.717) is 30.6 Å². The summed E-state index contributed by atoms with van der Waals surface area (Å²) in [6.45, 7) is 4.86. The molecular weight excluding hydrogens is 644 g/mol. The van der Waals surface area contributed by atoms with Crippen LogP contribution in [0.4, 0.5) is 0 Å². The molecule has 1 heterocycles. The van der Waals surface area contributed by atoms with Crippen LogP contribution in [-0.4, -0.2) is 18.5 Å². The van der Waals surface area contributed by atoms with Crippen molar-refractivity contribution in [2.45, 2.75) is 20.5 Å². The summed E-state index contributed by atoms with van der Waals surface area (Å²) < 4.78 is 19.4. The molecule has 3 aromatic carbocycles. The smallest absolute Gasteiger partial charge is 0.363 e. The molecule has 4 rings (SSSR count). The first-order valence-electron chi connectivity index (χ1n) is 10.4. The number of ether oxygens (including phenoxy) is 3. The van der Waals surface area contributed by atoms with E-state index in [1.54, 1.807) is 6.08 Å². The maximum atomic E-state index is 12.4. The molecule has 3 aromatic rings. The van der Waals surface area contributed by atoms with Crippen molar-refractivity contribution in [3.63, 3.8) is 0 Å². The third-order valence-electron chi connectivity index (χ3n) is 4.83. The van der Waals surface area contributed by atoms with Crippen LogP contribution in [0.5, 0.6) is 11.5 Å². The molecule has 0 N–H and O–H groups in total. The average Bonchev–Trinajstić information content (AvgIpc) is 3.14. The molecule has 33 heavy (non-hydrogen) atoms. The van der Waals surface area contributed by atoms with Crippen molar-refractivity contribution in [3.8, 4) is 11.5 Å². The largest absolute Gasteiger partial charge is 0.490 e. The Morgan fingerprint density at radius 1 is 1.03 bits per heavy atom. The van der Waals surface area contributed by atoms with Gasteiger partial charge in [0.15, 0.2) is 17.2 Å². The Kier molecular flexibility index (Phi) is 7.69. The molecule has 0 radical (unpaired) electrons. The lowest BCUT2D eigenvalue weighted by Crippen LogP contribution is -2.05. The summed E-state index contributed by atoms with van der Waals surface area (Å²) >= 11 is 4.51. The van der Waals surface area contributed by atoms with E-state index in [9.17, 15) is 4.79 Å². The highest BCUT2D eigenvalue weighted by Gasteiger charge is 2.24. The number of halogens is 2. The zero-order chi connectivity index (χ0) is 23.4. The van der Waals surface area contributed by atoms with Crippen LogP contribution in [0.1, 0.15) is 29.2 Å². The summed E-state index contributed by atoms with van der Waals surface area (Å²) in [4.78, 5) is 16.8. The third kappa shape index (κ3) is 5.94. The van der Waals surface area contributed by atoms with Gasteiger partial charge in [0.2, 0.25) is 5.90 Å². The van der Waals surface area contributed by atoms with Crippen molar-refractivity contribution in [2.24, 2.45) is 4.99 Å². The Morgan fingerprint density at radius 3 is 2.55 bits per heavy atom. The van der Waals surface area contributed by atoms with Crippen molar-refractivity contribution in [2.75, 3.05) is 6.61 Å². The van der Waals surface area contributed by atoms with Gasteiger partial charge in [0, 0.05) is 9.13 Å². The van der Waals surface area contributed by atoms with Crippen molar-refractivity contribution >= 4 is 63.1 Å². The van der Waals surface area contributed by atoms with E-state index in [4.69, 9.17) is 14.2 Å². The van der Waals surface area contributed by atoms with Gasteiger partial charge in [0.1, 0.15) is 6.61 Å². The molecule has 1 aliphatic rings. The first-order chi connectivity index (χ1) is 15.9. The molecular formula is C26H21I2NO4. The summed E-state index contributed by atoms with van der Waals surface area (Å²) in [5.74, 6) is 1.13. The molecule has 0 saturated heterocycles. The van der Waals surface area contributed by atoms with Crippen LogP contribution >= 0.6 is 45.2 Å². The number of hydrogen-bond donors (Lipinski definition) is 0. The SMILES string of the molecule is CCOc1cc(/C=C2\N=C(c3ccc(C)cc3)OC2=O)cc(I)c1OCc1cccc(I)c1. The Balaban J connectivity index is 1.61. The molecule has 168 valence electrons. The quantitative estimate of drug-likeness (QED) is 0.164. The highest BCUT2D eigenvalue weighted by Crippen LogP contribution is 2.36. The topological polar surface area (TPSA) is 57.1 Å². The van der Waals surface area contributed by atoms with Crippen molar-refractivity contribution < 1.29 is 19.0 Å². The number of carbonyl (C=O) groups is 1. The lowest BCUT2D eigenvalue weighted by atomic mass is 10.1. The number of hydrogen-bond acceptors (Lipinski definition) is 5. The van der Waals surface area contributed by atoms with Gasteiger partial charge in [-0.3, -0.25) is 0 Å². The normalized spacial score (nSPS) is 14.2. The minimum atomic E-state index is -0.474. The van der Waals surface area contributed by atoms with Crippen molar-refractivity contribution in [3.05, 3.63) is 95.8 Å². The number of carbonyl (C=O) groups excluding carboxylic acids is 1. The summed E-state index contributed by atoms with van der Waals surface area (Å²) in [6, 6.07) is 19.7. The van der Waals surface area contributed by atoms with Crippen molar-refractivity contribution in [1.82, 2.24) is 0 Å². The molecule has 0 unspecified atom stereocenters. The van der Waals surface area contributed by atoms with Crippen molar-refractivity contribution in [1.29, 1.82) is 0 Å². The highest BCUT2D eigenvalue weighted by atomic mass is 127. The van der Waals surface area contributed by atoms with Crippen LogP contribution in [0.15, 0.2) is 71.4 Å². The minimum Gasteiger partial charge on any atom is -0.490 e. The first kappa shape index (κ1) is 23.7. The van der Waals surface area contributed by atoms with Crippen LogP contribution in [0.3, 0.4) is 0 Å². The first-order valence-corrected chi connectivity index (χ1v) is 12.5. The van der Waals surface area contributed by atoms with E-state index in [2.05, 4.69) is 56.2 Å². The molecule has 0 saturated carbocycles. The summed E-state index contributed by atoms with van der Waals surface area (Å²) in [7, 11) is 0. The zero-order valence-electron chi connectivity index (χ0n) is 18.1. The van der Waals surface area contributed by atoms with Gasteiger partial charge in [-0.05, 0) is 113 Å². The number of aliphatic imine (C=N–C) groups is 1. The molecule has 0 amide bonds. The van der Waals surface area contributed by atoms with E-state index in [0.717, 1.165) is 29.4 Å². The predicted molar refractivity (Wildman–Crippen MR) is 146 cm³/mol. The summed E-state index contributed by atoms with van der Waals surface area (Å²) in [5, 5.41) is 0. The second-order valence-electron chi connectivity index (χ2n) is 7.38. The number of aryl methyl sites for hydroxylation is 1. The minimum absolute atomic E-state index is 0.247. The maximum Gasteiger partial charge on any atom is 0.363 e. The lowest BCUT2D eigenvalue weighted by molar-refractivity contribution is -0.129. The van der Waals surface area contributed by atoms with Gasteiger partial charge in [-0.25, -0.2) is 9.79 Å². The second kappa shape index (κ2) is 10.7. The predicted octanol–water partition coefficient (Wildman–Crippen LogP) is 6.53.